The number of carbonyl (C=O) groups is 2. The van der Waals surface area contributed by atoms with Crippen LogP contribution in [0.2, 0.25) is 0 Å². The lowest BCUT2D eigenvalue weighted by molar-refractivity contribution is -0.120. The first kappa shape index (κ1) is 18.6. The van der Waals surface area contributed by atoms with Crippen LogP contribution in [0.25, 0.3) is 0 Å². The van der Waals surface area contributed by atoms with E-state index >= 15 is 0 Å². The average Bonchev–Trinajstić information content (AvgIpc) is 3.30. The van der Waals surface area contributed by atoms with E-state index in [0.717, 1.165) is 24.3 Å². The summed E-state index contributed by atoms with van der Waals surface area (Å²) in [5, 5.41) is 7.92. The Hall–Kier alpha value is -2.18. The summed E-state index contributed by atoms with van der Waals surface area (Å²) in [6.07, 6.45) is 2.81. The Morgan fingerprint density at radius 1 is 1.15 bits per heavy atom. The van der Waals surface area contributed by atoms with E-state index in [2.05, 4.69) is 33.0 Å². The molecule has 0 saturated carbocycles. The molecule has 5 nitrogen and oxygen atoms in total. The van der Waals surface area contributed by atoms with Gasteiger partial charge in [0.05, 0.1) is 12.5 Å². The normalized spacial score (nSPS) is 15.6. The smallest absolute Gasteiger partial charge is 0.224 e. The fourth-order valence-corrected chi connectivity index (χ4v) is 4.17. The van der Waals surface area contributed by atoms with Gasteiger partial charge in [-0.1, -0.05) is 18.2 Å². The van der Waals surface area contributed by atoms with Crippen LogP contribution in [0.5, 0.6) is 0 Å². The van der Waals surface area contributed by atoms with E-state index in [0.29, 0.717) is 13.0 Å². The van der Waals surface area contributed by atoms with Crippen molar-refractivity contribution in [2.45, 2.75) is 32.2 Å². The molecule has 3 rings (SSSR count). The second-order valence-corrected chi connectivity index (χ2v) is 7.61. The summed E-state index contributed by atoms with van der Waals surface area (Å²) >= 11 is 1.75. The topological polar surface area (TPSA) is 61.4 Å². The SMILES string of the molecule is CC(=O)Nc1ccc(CC(=O)NC[C@@H](c2cccs2)N2CCCC2)cc1. The van der Waals surface area contributed by atoms with E-state index in [1.54, 1.807) is 11.3 Å². The summed E-state index contributed by atoms with van der Waals surface area (Å²) in [5.41, 5.74) is 1.68. The Morgan fingerprint density at radius 3 is 2.50 bits per heavy atom. The molecule has 1 atom stereocenters. The fraction of sp³-hybridized carbons (Fsp3) is 0.400. The van der Waals surface area contributed by atoms with Crippen LogP contribution in [0.1, 0.15) is 36.2 Å². The molecular formula is C20H25N3O2S. The predicted octanol–water partition coefficient (Wildman–Crippen LogP) is 3.20. The number of thiophene rings is 1. The van der Waals surface area contributed by atoms with Gasteiger partial charge < -0.3 is 10.6 Å². The molecular weight excluding hydrogens is 346 g/mol. The first-order chi connectivity index (χ1) is 12.6. The lowest BCUT2D eigenvalue weighted by atomic mass is 10.1. The van der Waals surface area contributed by atoms with E-state index < -0.39 is 0 Å². The molecule has 0 aliphatic carbocycles. The molecule has 1 aliphatic heterocycles. The molecule has 0 bridgehead atoms. The van der Waals surface area contributed by atoms with Gasteiger partial charge in [0.15, 0.2) is 0 Å². The maximum absolute atomic E-state index is 12.4. The van der Waals surface area contributed by atoms with Crippen LogP contribution in [-0.4, -0.2) is 36.3 Å². The first-order valence-electron chi connectivity index (χ1n) is 9.02. The van der Waals surface area contributed by atoms with Gasteiger partial charge in [-0.25, -0.2) is 0 Å². The second-order valence-electron chi connectivity index (χ2n) is 6.63. The molecule has 0 unspecified atom stereocenters. The molecule has 1 aromatic heterocycles. The fourth-order valence-electron chi connectivity index (χ4n) is 3.31. The van der Waals surface area contributed by atoms with Crippen molar-refractivity contribution in [1.82, 2.24) is 10.2 Å². The molecule has 2 N–H and O–H groups in total. The lowest BCUT2D eigenvalue weighted by Crippen LogP contribution is -2.37. The van der Waals surface area contributed by atoms with Gasteiger partial charge in [-0.3, -0.25) is 14.5 Å². The standard InChI is InChI=1S/C20H25N3O2S/c1-15(24)22-17-8-6-16(7-9-17)13-20(25)21-14-18(19-5-4-12-26-19)23-10-2-3-11-23/h4-9,12,18H,2-3,10-11,13-14H2,1H3,(H,21,25)(H,22,24)/t18-/m0/s1. The average molecular weight is 372 g/mol. The van der Waals surface area contributed by atoms with E-state index in [1.807, 2.05) is 24.3 Å². The third-order valence-electron chi connectivity index (χ3n) is 4.58. The highest BCUT2D eigenvalue weighted by atomic mass is 32.1. The molecule has 26 heavy (non-hydrogen) atoms. The van der Waals surface area contributed by atoms with Crippen LogP contribution in [0.15, 0.2) is 41.8 Å². The molecule has 0 radical (unpaired) electrons. The Bertz CT molecular complexity index is 722. The van der Waals surface area contributed by atoms with Crippen LogP contribution in [0, 0.1) is 0 Å². The summed E-state index contributed by atoms with van der Waals surface area (Å²) in [7, 11) is 0. The minimum Gasteiger partial charge on any atom is -0.354 e. The third kappa shape index (κ3) is 5.16. The highest BCUT2D eigenvalue weighted by Crippen LogP contribution is 2.27. The van der Waals surface area contributed by atoms with Crippen molar-refractivity contribution in [3.8, 4) is 0 Å². The second kappa shape index (κ2) is 8.96. The van der Waals surface area contributed by atoms with Gasteiger partial charge in [-0.05, 0) is 55.1 Å². The number of hydrogen-bond donors (Lipinski definition) is 2. The highest BCUT2D eigenvalue weighted by Gasteiger charge is 2.24. The summed E-state index contributed by atoms with van der Waals surface area (Å²) in [6, 6.07) is 11.9. The summed E-state index contributed by atoms with van der Waals surface area (Å²) in [6.45, 7) is 4.32. The molecule has 1 aromatic carbocycles. The van der Waals surface area contributed by atoms with E-state index in [9.17, 15) is 9.59 Å². The van der Waals surface area contributed by atoms with Crippen LogP contribution in [0.3, 0.4) is 0 Å². The van der Waals surface area contributed by atoms with Crippen LogP contribution in [-0.2, 0) is 16.0 Å². The van der Waals surface area contributed by atoms with E-state index in [1.165, 1.54) is 24.6 Å². The maximum Gasteiger partial charge on any atom is 0.224 e. The third-order valence-corrected chi connectivity index (χ3v) is 5.56. The zero-order valence-electron chi connectivity index (χ0n) is 15.0. The van der Waals surface area contributed by atoms with Crippen LogP contribution < -0.4 is 10.6 Å². The van der Waals surface area contributed by atoms with Crippen molar-refractivity contribution in [3.63, 3.8) is 0 Å². The Labute approximate surface area is 158 Å². The number of carbonyl (C=O) groups excluding carboxylic acids is 2. The Kier molecular flexibility index (Phi) is 6.41. The molecule has 2 amide bonds. The van der Waals surface area contributed by atoms with E-state index in [-0.39, 0.29) is 17.9 Å². The van der Waals surface area contributed by atoms with Gasteiger partial charge in [0.25, 0.3) is 0 Å². The Balaban J connectivity index is 1.54. The first-order valence-corrected chi connectivity index (χ1v) is 9.90. The number of anilines is 1. The predicted molar refractivity (Wildman–Crippen MR) is 105 cm³/mol. The number of nitrogens with one attached hydrogen (secondary N) is 2. The summed E-state index contributed by atoms with van der Waals surface area (Å²) in [5.74, 6) is -0.0740. The number of benzene rings is 1. The molecule has 2 heterocycles. The highest BCUT2D eigenvalue weighted by molar-refractivity contribution is 7.10. The van der Waals surface area contributed by atoms with Crippen molar-refractivity contribution in [2.24, 2.45) is 0 Å². The van der Waals surface area contributed by atoms with Gasteiger partial charge in [-0.2, -0.15) is 0 Å². The van der Waals surface area contributed by atoms with Crippen LogP contribution in [0.4, 0.5) is 5.69 Å². The molecule has 2 aromatic rings. The van der Waals surface area contributed by atoms with Crippen molar-refractivity contribution in [3.05, 3.63) is 52.2 Å². The maximum atomic E-state index is 12.4. The molecule has 1 fully saturated rings. The molecule has 6 heteroatoms. The zero-order valence-corrected chi connectivity index (χ0v) is 15.8. The van der Waals surface area contributed by atoms with Crippen molar-refractivity contribution >= 4 is 28.8 Å². The molecule has 0 spiro atoms. The quantitative estimate of drug-likeness (QED) is 0.786. The minimum atomic E-state index is -0.1000. The zero-order chi connectivity index (χ0) is 18.4. The largest absolute Gasteiger partial charge is 0.354 e. The number of likely N-dealkylation sites (tertiary alicyclic amines) is 1. The van der Waals surface area contributed by atoms with Gasteiger partial charge in [0, 0.05) is 24.0 Å². The number of amides is 2. The van der Waals surface area contributed by atoms with Gasteiger partial charge in [-0.15, -0.1) is 11.3 Å². The van der Waals surface area contributed by atoms with Crippen molar-refractivity contribution in [1.29, 1.82) is 0 Å². The van der Waals surface area contributed by atoms with Crippen LogP contribution >= 0.6 is 11.3 Å². The molecule has 138 valence electrons. The van der Waals surface area contributed by atoms with Gasteiger partial charge in [0.1, 0.15) is 0 Å². The monoisotopic (exact) mass is 371 g/mol. The van der Waals surface area contributed by atoms with Gasteiger partial charge in [0.2, 0.25) is 11.8 Å². The van der Waals surface area contributed by atoms with Crippen molar-refractivity contribution in [2.75, 3.05) is 25.0 Å². The molecule has 1 aliphatic rings. The minimum absolute atomic E-state index is 0.0260. The summed E-state index contributed by atoms with van der Waals surface area (Å²) in [4.78, 5) is 27.2. The number of nitrogens with zero attached hydrogens (tertiary/aromatic N) is 1. The summed E-state index contributed by atoms with van der Waals surface area (Å²) < 4.78 is 0. The van der Waals surface area contributed by atoms with Crippen molar-refractivity contribution < 1.29 is 9.59 Å². The van der Waals surface area contributed by atoms with E-state index in [4.69, 9.17) is 0 Å². The Morgan fingerprint density at radius 2 is 1.88 bits per heavy atom. The lowest BCUT2D eigenvalue weighted by Gasteiger charge is -2.27. The molecule has 1 saturated heterocycles. The number of rotatable bonds is 7. The van der Waals surface area contributed by atoms with Gasteiger partial charge >= 0.3 is 0 Å². The number of hydrogen-bond acceptors (Lipinski definition) is 4.